The van der Waals surface area contributed by atoms with Crippen LogP contribution in [0.25, 0.3) is 0 Å². The van der Waals surface area contributed by atoms with Gasteiger partial charge in [0.25, 0.3) is 14.3 Å². The maximum absolute atomic E-state index is 11.1. The third kappa shape index (κ3) is 2.79. The zero-order chi connectivity index (χ0) is 12.5. The first-order valence-electron chi connectivity index (χ1n) is 3.79. The van der Waals surface area contributed by atoms with Gasteiger partial charge in [0.05, 0.1) is 17.7 Å². The van der Waals surface area contributed by atoms with E-state index in [1.165, 1.54) is 7.11 Å². The van der Waals surface area contributed by atoms with Crippen molar-refractivity contribution in [3.05, 3.63) is 22.7 Å². The SMILES string of the molecule is COc1cc(S(=O)(=O)Cl)c(Cl)cc1C(=O)Cl. The molecule has 0 unspecified atom stereocenters. The lowest BCUT2D eigenvalue weighted by Gasteiger charge is -2.08. The summed E-state index contributed by atoms with van der Waals surface area (Å²) in [6, 6.07) is 2.13. The number of carbonyl (C=O) groups is 1. The number of halogens is 3. The smallest absolute Gasteiger partial charge is 0.262 e. The fraction of sp³-hybridized carbons (Fsp3) is 0.125. The fourth-order valence-electron chi connectivity index (χ4n) is 1.04. The molecule has 0 spiro atoms. The van der Waals surface area contributed by atoms with Crippen molar-refractivity contribution in [3.63, 3.8) is 0 Å². The molecule has 0 N–H and O–H groups in total. The fourth-order valence-corrected chi connectivity index (χ4v) is 2.70. The molecular weight excluding hydrogens is 299 g/mol. The van der Waals surface area contributed by atoms with E-state index < -0.39 is 14.3 Å². The van der Waals surface area contributed by atoms with Crippen LogP contribution in [-0.4, -0.2) is 20.8 Å². The molecule has 0 atom stereocenters. The summed E-state index contributed by atoms with van der Waals surface area (Å²) in [5, 5.41) is -1.00. The minimum atomic E-state index is -4.00. The van der Waals surface area contributed by atoms with Crippen molar-refractivity contribution in [2.24, 2.45) is 0 Å². The lowest BCUT2D eigenvalue weighted by atomic mass is 10.2. The van der Waals surface area contributed by atoms with Crippen LogP contribution in [0.5, 0.6) is 5.75 Å². The summed E-state index contributed by atoms with van der Waals surface area (Å²) < 4.78 is 27.0. The van der Waals surface area contributed by atoms with E-state index in [1.54, 1.807) is 0 Å². The predicted octanol–water partition coefficient (Wildman–Crippen LogP) is 2.66. The molecule has 4 nitrogen and oxygen atoms in total. The highest BCUT2D eigenvalue weighted by Gasteiger charge is 2.20. The number of benzene rings is 1. The van der Waals surface area contributed by atoms with Gasteiger partial charge in [0.1, 0.15) is 10.6 Å². The lowest BCUT2D eigenvalue weighted by molar-refractivity contribution is 0.107. The van der Waals surface area contributed by atoms with Crippen LogP contribution in [0.1, 0.15) is 10.4 Å². The molecular formula is C8H5Cl3O4S. The zero-order valence-corrected chi connectivity index (χ0v) is 10.9. The molecule has 16 heavy (non-hydrogen) atoms. The lowest BCUT2D eigenvalue weighted by Crippen LogP contribution is -2.00. The van der Waals surface area contributed by atoms with Gasteiger partial charge in [-0.25, -0.2) is 8.42 Å². The Balaban J connectivity index is 3.56. The van der Waals surface area contributed by atoms with Gasteiger partial charge in [-0.3, -0.25) is 4.79 Å². The zero-order valence-electron chi connectivity index (χ0n) is 7.83. The standard InChI is InChI=1S/C8H5Cl3O4S/c1-15-6-3-7(16(11,13)14)5(9)2-4(6)8(10)12/h2-3H,1H3. The third-order valence-corrected chi connectivity index (χ3v) is 3.72. The van der Waals surface area contributed by atoms with Crippen LogP contribution in [0.4, 0.5) is 0 Å². The molecule has 0 aromatic heterocycles. The monoisotopic (exact) mass is 302 g/mol. The van der Waals surface area contributed by atoms with Crippen molar-refractivity contribution >= 4 is 48.2 Å². The van der Waals surface area contributed by atoms with Gasteiger partial charge >= 0.3 is 0 Å². The average Bonchev–Trinajstić information content (AvgIpc) is 2.15. The predicted molar refractivity (Wildman–Crippen MR) is 61.2 cm³/mol. The molecule has 0 bridgehead atoms. The van der Waals surface area contributed by atoms with E-state index in [0.717, 1.165) is 12.1 Å². The summed E-state index contributed by atoms with van der Waals surface area (Å²) in [5.74, 6) is -0.0105. The molecule has 88 valence electrons. The average molecular weight is 304 g/mol. The van der Waals surface area contributed by atoms with Crippen molar-refractivity contribution in [1.29, 1.82) is 0 Å². The number of methoxy groups -OCH3 is 1. The van der Waals surface area contributed by atoms with Gasteiger partial charge in [-0.15, -0.1) is 0 Å². The molecule has 0 aliphatic rings. The Labute approximate surface area is 106 Å². The Morgan fingerprint density at radius 3 is 2.31 bits per heavy atom. The van der Waals surface area contributed by atoms with Crippen molar-refractivity contribution in [2.75, 3.05) is 7.11 Å². The Morgan fingerprint density at radius 2 is 1.94 bits per heavy atom. The van der Waals surface area contributed by atoms with Gasteiger partial charge in [0, 0.05) is 16.7 Å². The largest absolute Gasteiger partial charge is 0.496 e. The maximum Gasteiger partial charge on any atom is 0.262 e. The minimum Gasteiger partial charge on any atom is -0.496 e. The third-order valence-electron chi connectivity index (χ3n) is 1.73. The van der Waals surface area contributed by atoms with Gasteiger partial charge in [-0.05, 0) is 17.7 Å². The second kappa shape index (κ2) is 4.79. The van der Waals surface area contributed by atoms with Crippen LogP contribution in [0, 0.1) is 0 Å². The molecule has 1 aromatic carbocycles. The quantitative estimate of drug-likeness (QED) is 0.805. The molecule has 1 aromatic rings. The minimum absolute atomic E-state index is 0.0105. The van der Waals surface area contributed by atoms with Gasteiger partial charge in [0.15, 0.2) is 0 Å². The van der Waals surface area contributed by atoms with E-state index in [9.17, 15) is 13.2 Å². The second-order valence-corrected chi connectivity index (χ2v) is 5.98. The van der Waals surface area contributed by atoms with Crippen LogP contribution in [-0.2, 0) is 9.05 Å². The molecule has 0 saturated heterocycles. The number of rotatable bonds is 3. The number of hydrogen-bond acceptors (Lipinski definition) is 4. The summed E-state index contributed by atoms with van der Waals surface area (Å²) >= 11 is 10.9. The Kier molecular flexibility index (Phi) is 4.07. The van der Waals surface area contributed by atoms with Crippen LogP contribution in [0.2, 0.25) is 5.02 Å². The van der Waals surface area contributed by atoms with E-state index >= 15 is 0 Å². The number of carbonyl (C=O) groups excluding carboxylic acids is 1. The molecule has 8 heteroatoms. The first-order valence-corrected chi connectivity index (χ1v) is 6.86. The normalized spacial score (nSPS) is 11.2. The molecule has 0 heterocycles. The summed E-state index contributed by atoms with van der Waals surface area (Å²) in [5.41, 5.74) is -0.0294. The van der Waals surface area contributed by atoms with E-state index in [0.29, 0.717) is 0 Å². The molecule has 0 aliphatic heterocycles. The number of ether oxygens (including phenoxy) is 1. The highest BCUT2D eigenvalue weighted by molar-refractivity contribution is 8.13. The molecule has 0 saturated carbocycles. The molecule has 0 radical (unpaired) electrons. The van der Waals surface area contributed by atoms with Gasteiger partial charge in [-0.2, -0.15) is 0 Å². The second-order valence-electron chi connectivity index (χ2n) is 2.69. The van der Waals surface area contributed by atoms with Crippen molar-refractivity contribution < 1.29 is 17.9 Å². The topological polar surface area (TPSA) is 60.4 Å². The highest BCUT2D eigenvalue weighted by atomic mass is 35.7. The molecule has 0 aliphatic carbocycles. The Morgan fingerprint density at radius 1 is 1.38 bits per heavy atom. The molecule has 0 amide bonds. The van der Waals surface area contributed by atoms with Gasteiger partial charge in [0.2, 0.25) is 0 Å². The van der Waals surface area contributed by atoms with Crippen molar-refractivity contribution in [3.8, 4) is 5.75 Å². The van der Waals surface area contributed by atoms with Crippen LogP contribution < -0.4 is 4.74 Å². The number of hydrogen-bond donors (Lipinski definition) is 0. The summed E-state index contributed by atoms with van der Waals surface area (Å²) in [7, 11) is 2.40. The van der Waals surface area contributed by atoms with E-state index in [2.05, 4.69) is 0 Å². The summed E-state index contributed by atoms with van der Waals surface area (Å²) in [6.07, 6.45) is 0. The van der Waals surface area contributed by atoms with Gasteiger partial charge in [-0.1, -0.05) is 11.6 Å². The first kappa shape index (κ1) is 13.6. The molecule has 1 rings (SSSR count). The van der Waals surface area contributed by atoms with Crippen molar-refractivity contribution in [2.45, 2.75) is 4.90 Å². The van der Waals surface area contributed by atoms with Crippen LogP contribution >= 0.6 is 33.9 Å². The van der Waals surface area contributed by atoms with E-state index in [4.69, 9.17) is 38.6 Å². The van der Waals surface area contributed by atoms with Gasteiger partial charge < -0.3 is 4.74 Å². The summed E-state index contributed by atoms with van der Waals surface area (Å²) in [4.78, 5) is 10.6. The van der Waals surface area contributed by atoms with E-state index in [1.807, 2.05) is 0 Å². The summed E-state index contributed by atoms with van der Waals surface area (Å²) in [6.45, 7) is 0. The van der Waals surface area contributed by atoms with Crippen LogP contribution in [0.3, 0.4) is 0 Å². The van der Waals surface area contributed by atoms with Crippen molar-refractivity contribution in [1.82, 2.24) is 0 Å². The Hall–Kier alpha value is -0.490. The molecule has 0 fully saturated rings. The maximum atomic E-state index is 11.1. The van der Waals surface area contributed by atoms with E-state index in [-0.39, 0.29) is 21.2 Å². The highest BCUT2D eigenvalue weighted by Crippen LogP contribution is 2.32. The Bertz CT molecular complexity index is 538. The first-order chi connectivity index (χ1) is 7.27. The van der Waals surface area contributed by atoms with Crippen LogP contribution in [0.15, 0.2) is 17.0 Å².